The maximum atomic E-state index is 12.7. The lowest BCUT2D eigenvalue weighted by Crippen LogP contribution is -2.32. The summed E-state index contributed by atoms with van der Waals surface area (Å²) < 4.78 is 2.02. The second kappa shape index (κ2) is 8.91. The highest BCUT2D eigenvalue weighted by atomic mass is 35.5. The van der Waals surface area contributed by atoms with E-state index in [1.165, 1.54) is 0 Å². The van der Waals surface area contributed by atoms with E-state index in [1.54, 1.807) is 18.5 Å². The quantitative estimate of drug-likeness (QED) is 0.525. The lowest BCUT2D eigenvalue weighted by atomic mass is 9.79. The summed E-state index contributed by atoms with van der Waals surface area (Å²) in [6, 6.07) is 1.80. The maximum absolute atomic E-state index is 12.7. The van der Waals surface area contributed by atoms with Crippen LogP contribution in [-0.2, 0) is 22.6 Å². The molecular formula is C23H27ClN6O2. The van der Waals surface area contributed by atoms with Crippen molar-refractivity contribution in [3.63, 3.8) is 0 Å². The average molecular weight is 455 g/mol. The zero-order valence-corrected chi connectivity index (χ0v) is 19.1. The van der Waals surface area contributed by atoms with Crippen molar-refractivity contribution in [2.45, 2.75) is 58.9 Å². The molecule has 4 rings (SSSR count). The second-order valence-corrected chi connectivity index (χ2v) is 10.0. The van der Waals surface area contributed by atoms with Crippen LogP contribution in [0.2, 0.25) is 5.02 Å². The van der Waals surface area contributed by atoms with Crippen LogP contribution < -0.4 is 10.6 Å². The van der Waals surface area contributed by atoms with Gasteiger partial charge >= 0.3 is 0 Å². The number of amides is 2. The Balaban J connectivity index is 1.43. The summed E-state index contributed by atoms with van der Waals surface area (Å²) in [5.74, 6) is -0.0561. The van der Waals surface area contributed by atoms with Gasteiger partial charge in [0.05, 0.1) is 11.2 Å². The molecule has 32 heavy (non-hydrogen) atoms. The monoisotopic (exact) mass is 454 g/mol. The van der Waals surface area contributed by atoms with E-state index in [4.69, 9.17) is 16.9 Å². The van der Waals surface area contributed by atoms with E-state index in [0.717, 1.165) is 49.0 Å². The topological polar surface area (TPSA) is 113 Å². The van der Waals surface area contributed by atoms with Gasteiger partial charge < -0.3 is 5.32 Å². The highest BCUT2D eigenvalue weighted by Crippen LogP contribution is 2.39. The van der Waals surface area contributed by atoms with E-state index in [9.17, 15) is 9.59 Å². The molecule has 2 amide bonds. The molecule has 0 radical (unpaired) electrons. The molecular weight excluding hydrogens is 428 g/mol. The van der Waals surface area contributed by atoms with Gasteiger partial charge in [-0.3, -0.25) is 19.6 Å². The van der Waals surface area contributed by atoms with Crippen LogP contribution in [0.25, 0.3) is 11.1 Å². The molecule has 8 nitrogen and oxygen atoms in total. The van der Waals surface area contributed by atoms with Gasteiger partial charge in [0.1, 0.15) is 5.82 Å². The first kappa shape index (κ1) is 22.3. The van der Waals surface area contributed by atoms with Crippen molar-refractivity contribution in [3.05, 3.63) is 29.2 Å². The fraction of sp³-hybridized carbons (Fsp3) is 0.522. The molecule has 1 saturated carbocycles. The summed E-state index contributed by atoms with van der Waals surface area (Å²) in [4.78, 5) is 28.9. The van der Waals surface area contributed by atoms with Gasteiger partial charge in [0.25, 0.3) is 0 Å². The molecule has 168 valence electrons. The van der Waals surface area contributed by atoms with Crippen LogP contribution in [0, 0.1) is 28.7 Å². The molecule has 1 aliphatic carbocycles. The fourth-order valence-electron chi connectivity index (χ4n) is 4.91. The number of hydrogen-bond donors (Lipinski definition) is 2. The minimum absolute atomic E-state index is 0.103. The Labute approximate surface area is 192 Å². The number of nitrogens with one attached hydrogen (secondary N) is 2. The molecule has 1 fully saturated rings. The third-order valence-electron chi connectivity index (χ3n) is 6.39. The van der Waals surface area contributed by atoms with Crippen molar-refractivity contribution in [3.8, 4) is 17.3 Å². The van der Waals surface area contributed by atoms with Crippen molar-refractivity contribution >= 4 is 29.2 Å². The van der Waals surface area contributed by atoms with Crippen molar-refractivity contribution in [1.29, 1.82) is 5.26 Å². The molecule has 2 atom stereocenters. The van der Waals surface area contributed by atoms with Crippen molar-refractivity contribution in [1.82, 2.24) is 20.1 Å². The normalized spacial score (nSPS) is 21.4. The summed E-state index contributed by atoms with van der Waals surface area (Å²) in [6.07, 6.45) is 9.41. The van der Waals surface area contributed by atoms with Gasteiger partial charge in [-0.1, -0.05) is 31.9 Å². The molecule has 1 aliphatic heterocycles. The molecule has 0 unspecified atom stereocenters. The third kappa shape index (κ3) is 4.78. The molecule has 2 aromatic rings. The third-order valence-corrected chi connectivity index (χ3v) is 6.69. The van der Waals surface area contributed by atoms with E-state index >= 15 is 0 Å². The molecule has 2 aromatic heterocycles. The Hall–Kier alpha value is -2.92. The van der Waals surface area contributed by atoms with E-state index in [2.05, 4.69) is 34.6 Å². The van der Waals surface area contributed by atoms with Crippen LogP contribution in [0.1, 0.15) is 51.6 Å². The van der Waals surface area contributed by atoms with Gasteiger partial charge in [-0.15, -0.1) is 0 Å². The first-order valence-corrected chi connectivity index (χ1v) is 11.3. The highest BCUT2D eigenvalue weighted by Gasteiger charge is 2.32. The minimum atomic E-state index is -0.251. The average Bonchev–Trinajstić information content (AvgIpc) is 3.24. The number of aromatic nitrogens is 3. The number of hydrogen-bond acceptors (Lipinski definition) is 5. The first-order valence-electron chi connectivity index (χ1n) is 10.9. The molecule has 0 saturated heterocycles. The van der Waals surface area contributed by atoms with E-state index in [-0.39, 0.29) is 29.1 Å². The van der Waals surface area contributed by atoms with Gasteiger partial charge in [0.15, 0.2) is 6.19 Å². The molecule has 0 spiro atoms. The van der Waals surface area contributed by atoms with Crippen molar-refractivity contribution in [2.75, 3.05) is 5.32 Å². The summed E-state index contributed by atoms with van der Waals surface area (Å²) in [7, 11) is 0. The fourth-order valence-corrected chi connectivity index (χ4v) is 5.12. The second-order valence-electron chi connectivity index (χ2n) is 9.64. The Kier molecular flexibility index (Phi) is 6.20. The smallest absolute Gasteiger partial charge is 0.236 e. The number of fused-ring (bicyclic) bond motifs is 1. The highest BCUT2D eigenvalue weighted by molar-refractivity contribution is 6.33. The molecule has 2 N–H and O–H groups in total. The first-order chi connectivity index (χ1) is 15.3. The number of halogens is 1. The zero-order valence-electron chi connectivity index (χ0n) is 18.3. The van der Waals surface area contributed by atoms with E-state index < -0.39 is 0 Å². The molecule has 0 bridgehead atoms. The van der Waals surface area contributed by atoms with E-state index in [1.807, 2.05) is 10.9 Å². The minimum Gasteiger partial charge on any atom is -0.311 e. The van der Waals surface area contributed by atoms with Crippen LogP contribution in [0.5, 0.6) is 0 Å². The van der Waals surface area contributed by atoms with Gasteiger partial charge in [0.2, 0.25) is 11.8 Å². The Bertz CT molecular complexity index is 1090. The number of carbonyl (C=O) groups excluding carboxylic acids is 2. The predicted molar refractivity (Wildman–Crippen MR) is 120 cm³/mol. The summed E-state index contributed by atoms with van der Waals surface area (Å²) in [6.45, 7) is 5.29. The lowest BCUT2D eigenvalue weighted by Gasteiger charge is -2.27. The Morgan fingerprint density at radius 1 is 1.31 bits per heavy atom. The van der Waals surface area contributed by atoms with Gasteiger partial charge in [0, 0.05) is 41.9 Å². The van der Waals surface area contributed by atoms with Crippen molar-refractivity contribution in [2.24, 2.45) is 17.3 Å². The summed E-state index contributed by atoms with van der Waals surface area (Å²) in [5.41, 5.74) is 3.07. The number of rotatable bonds is 5. The number of pyridine rings is 1. The van der Waals surface area contributed by atoms with Crippen molar-refractivity contribution < 1.29 is 9.59 Å². The molecule has 2 aliphatic rings. The summed E-state index contributed by atoms with van der Waals surface area (Å²) in [5, 5.41) is 18.8. The molecule has 9 heteroatoms. The van der Waals surface area contributed by atoms with Crippen LogP contribution in [-0.4, -0.2) is 26.6 Å². The standard InChI is InChI=1S/C23H27ClN6O2/c1-23(2)9-19-17(10-28-30(19)12-23)16-8-20(26-11-18(16)24)29-21(31)7-14-4-3-5-15(6-14)22(32)27-13-25/h8,10-11,14-15H,3-7,9,12H2,1-2H3,(H,27,32)(H,26,29,31)/t14-,15+/m0/s1. The van der Waals surface area contributed by atoms with E-state index in [0.29, 0.717) is 23.7 Å². The molecule has 0 aromatic carbocycles. The van der Waals surface area contributed by atoms with Gasteiger partial charge in [-0.25, -0.2) is 4.98 Å². The molecule has 3 heterocycles. The van der Waals surface area contributed by atoms with Crippen LogP contribution in [0.3, 0.4) is 0 Å². The van der Waals surface area contributed by atoms with Crippen LogP contribution in [0.15, 0.2) is 18.5 Å². The SMILES string of the molecule is CC1(C)Cc2c(-c3cc(NC(=O)C[C@H]4CCC[C@@H](C(=O)NC#N)C4)ncc3Cl)cnn2C1. The Morgan fingerprint density at radius 3 is 2.91 bits per heavy atom. The van der Waals surface area contributed by atoms with Gasteiger partial charge in [-0.2, -0.15) is 10.4 Å². The zero-order chi connectivity index (χ0) is 22.9. The number of nitriles is 1. The van der Waals surface area contributed by atoms with Crippen LogP contribution in [0.4, 0.5) is 5.82 Å². The predicted octanol–water partition coefficient (Wildman–Crippen LogP) is 3.91. The summed E-state index contributed by atoms with van der Waals surface area (Å²) >= 11 is 6.45. The number of anilines is 1. The Morgan fingerprint density at radius 2 is 2.12 bits per heavy atom. The largest absolute Gasteiger partial charge is 0.311 e. The maximum Gasteiger partial charge on any atom is 0.236 e. The lowest BCUT2D eigenvalue weighted by molar-refractivity contribution is -0.126. The van der Waals surface area contributed by atoms with Gasteiger partial charge in [-0.05, 0) is 43.1 Å². The van der Waals surface area contributed by atoms with Crippen LogP contribution >= 0.6 is 11.6 Å². The number of carbonyl (C=O) groups is 2. The number of nitrogens with zero attached hydrogens (tertiary/aromatic N) is 4.